The Morgan fingerprint density at radius 3 is 1.93 bits per heavy atom. The Bertz CT molecular complexity index is 752. The molecular formula is C17H18BrF6N3. The van der Waals surface area contributed by atoms with Gasteiger partial charge in [-0.15, -0.1) is 0 Å². The first kappa shape index (κ1) is 22.9. The first-order valence-corrected chi connectivity index (χ1v) is 8.36. The summed E-state index contributed by atoms with van der Waals surface area (Å²) in [7, 11) is 0. The molecule has 0 saturated carbocycles. The molecule has 0 aromatic carbocycles. The lowest BCUT2D eigenvalue weighted by molar-refractivity contribution is -0.0892. The highest BCUT2D eigenvalue weighted by atomic mass is 79.9. The van der Waals surface area contributed by atoms with E-state index in [1.54, 1.807) is 0 Å². The van der Waals surface area contributed by atoms with Crippen molar-refractivity contribution in [2.24, 2.45) is 11.5 Å². The van der Waals surface area contributed by atoms with Crippen LogP contribution in [-0.4, -0.2) is 18.4 Å². The number of nitrogens with one attached hydrogen (secondary N) is 1. The Morgan fingerprint density at radius 1 is 1.00 bits per heavy atom. The van der Waals surface area contributed by atoms with Crippen molar-refractivity contribution in [3.8, 4) is 0 Å². The van der Waals surface area contributed by atoms with Gasteiger partial charge in [-0.1, -0.05) is 28.1 Å². The van der Waals surface area contributed by atoms with Crippen LogP contribution in [0, 0.1) is 0 Å². The molecule has 0 aromatic rings. The number of dihydropyridines is 1. The molecule has 1 atom stereocenters. The van der Waals surface area contributed by atoms with E-state index in [1.165, 1.54) is 26.0 Å². The monoisotopic (exact) mass is 457 g/mol. The maximum Gasteiger partial charge on any atom is 0.416 e. The van der Waals surface area contributed by atoms with Gasteiger partial charge in [0.25, 0.3) is 0 Å². The van der Waals surface area contributed by atoms with Crippen LogP contribution >= 0.6 is 15.9 Å². The van der Waals surface area contributed by atoms with Crippen molar-refractivity contribution in [1.82, 2.24) is 5.32 Å². The molecule has 1 unspecified atom stereocenters. The Hall–Kier alpha value is -2.10. The van der Waals surface area contributed by atoms with E-state index in [-0.39, 0.29) is 17.1 Å². The number of rotatable bonds is 4. The standard InChI is InChI=1S/C17H18BrF6N3/c1-3-9(16(19,20)21)5-12(25)14-7-11(18)8-15(27-14)13(26)6-10(4-2)17(22,23)24/h3-8,14,27H,25-26H2,1-2H3/b9-3+,10-4+,12-5-,13-6-. The first-order chi connectivity index (χ1) is 12.3. The summed E-state index contributed by atoms with van der Waals surface area (Å²) in [6.07, 6.45) is -3.10. The minimum Gasteiger partial charge on any atom is -0.400 e. The number of hydrogen-bond acceptors (Lipinski definition) is 3. The quantitative estimate of drug-likeness (QED) is 0.418. The van der Waals surface area contributed by atoms with Crippen LogP contribution in [0.1, 0.15) is 13.8 Å². The van der Waals surface area contributed by atoms with Crippen LogP contribution in [-0.2, 0) is 0 Å². The Morgan fingerprint density at radius 2 is 1.48 bits per heavy atom. The first-order valence-electron chi connectivity index (χ1n) is 7.56. The molecule has 0 spiro atoms. The van der Waals surface area contributed by atoms with Crippen LogP contribution in [0.15, 0.2) is 69.2 Å². The summed E-state index contributed by atoms with van der Waals surface area (Å²) in [6.45, 7) is 2.43. The SMILES string of the molecule is C/C=C(\C=C(/N)C1=CC(Br)=CC(/C(N)=C/C(=C\C)C(F)(F)F)N1)C(F)(F)F. The normalized spacial score (nSPS) is 20.9. The molecule has 0 saturated heterocycles. The van der Waals surface area contributed by atoms with E-state index in [0.717, 1.165) is 24.3 Å². The Balaban J connectivity index is 3.17. The van der Waals surface area contributed by atoms with Gasteiger partial charge in [0.15, 0.2) is 0 Å². The summed E-state index contributed by atoms with van der Waals surface area (Å²) in [5, 5.41) is 2.72. The summed E-state index contributed by atoms with van der Waals surface area (Å²) in [4.78, 5) is 0. The Kier molecular flexibility index (Phi) is 7.41. The van der Waals surface area contributed by atoms with Crippen LogP contribution in [0.3, 0.4) is 0 Å². The summed E-state index contributed by atoms with van der Waals surface area (Å²) < 4.78 is 77.5. The largest absolute Gasteiger partial charge is 0.416 e. The molecule has 1 aliphatic rings. The van der Waals surface area contributed by atoms with E-state index < -0.39 is 29.5 Å². The molecule has 0 aromatic heterocycles. The van der Waals surface area contributed by atoms with Gasteiger partial charge < -0.3 is 16.8 Å². The van der Waals surface area contributed by atoms with E-state index in [2.05, 4.69) is 21.2 Å². The summed E-state index contributed by atoms with van der Waals surface area (Å²) >= 11 is 3.16. The van der Waals surface area contributed by atoms with Gasteiger partial charge in [0.2, 0.25) is 0 Å². The molecule has 5 N–H and O–H groups in total. The zero-order chi connectivity index (χ0) is 21.0. The third-order valence-electron chi connectivity index (χ3n) is 3.50. The molecular weight excluding hydrogens is 440 g/mol. The average Bonchev–Trinajstić information content (AvgIpc) is 2.54. The fourth-order valence-electron chi connectivity index (χ4n) is 2.11. The number of nitrogens with two attached hydrogens (primary N) is 2. The number of halogens is 7. The number of alkyl halides is 6. The van der Waals surface area contributed by atoms with E-state index in [1.807, 2.05) is 0 Å². The van der Waals surface area contributed by atoms with Crippen LogP contribution in [0.25, 0.3) is 0 Å². The van der Waals surface area contributed by atoms with Crippen LogP contribution in [0.2, 0.25) is 0 Å². The fraction of sp³-hybridized carbons (Fsp3) is 0.294. The van der Waals surface area contributed by atoms with Crippen molar-refractivity contribution >= 4 is 15.9 Å². The molecule has 27 heavy (non-hydrogen) atoms. The fourth-order valence-corrected chi connectivity index (χ4v) is 2.61. The van der Waals surface area contributed by atoms with Crippen molar-refractivity contribution in [1.29, 1.82) is 0 Å². The molecule has 3 nitrogen and oxygen atoms in total. The van der Waals surface area contributed by atoms with Gasteiger partial charge in [0.1, 0.15) is 0 Å². The molecule has 1 aliphatic heterocycles. The molecule has 1 rings (SSSR count). The van der Waals surface area contributed by atoms with Gasteiger partial charge in [0.05, 0.1) is 28.6 Å². The topological polar surface area (TPSA) is 64.1 Å². The van der Waals surface area contributed by atoms with Gasteiger partial charge >= 0.3 is 12.4 Å². The molecule has 0 fully saturated rings. The lowest BCUT2D eigenvalue weighted by Gasteiger charge is -2.24. The van der Waals surface area contributed by atoms with E-state index in [4.69, 9.17) is 11.5 Å². The van der Waals surface area contributed by atoms with Crippen molar-refractivity contribution in [2.75, 3.05) is 0 Å². The second-order valence-corrected chi connectivity index (χ2v) is 6.37. The molecule has 0 aliphatic carbocycles. The zero-order valence-electron chi connectivity index (χ0n) is 14.3. The van der Waals surface area contributed by atoms with Gasteiger partial charge in [-0.25, -0.2) is 0 Å². The molecule has 1 heterocycles. The zero-order valence-corrected chi connectivity index (χ0v) is 15.9. The number of allylic oxidation sites excluding steroid dienone is 8. The maximum absolute atomic E-state index is 12.9. The highest BCUT2D eigenvalue weighted by molar-refractivity contribution is 9.11. The second kappa shape index (κ2) is 8.73. The molecule has 10 heteroatoms. The van der Waals surface area contributed by atoms with Crippen molar-refractivity contribution in [3.05, 3.63) is 69.2 Å². The summed E-state index contributed by atoms with van der Waals surface area (Å²) in [5.41, 5.74) is 9.25. The van der Waals surface area contributed by atoms with Gasteiger partial charge in [-0.2, -0.15) is 26.3 Å². The highest BCUT2D eigenvalue weighted by Gasteiger charge is 2.33. The van der Waals surface area contributed by atoms with E-state index in [0.29, 0.717) is 4.48 Å². The van der Waals surface area contributed by atoms with E-state index in [9.17, 15) is 26.3 Å². The molecule has 150 valence electrons. The van der Waals surface area contributed by atoms with Gasteiger partial charge in [0, 0.05) is 10.2 Å². The third-order valence-corrected chi connectivity index (χ3v) is 3.99. The highest BCUT2D eigenvalue weighted by Crippen LogP contribution is 2.30. The number of hydrogen-bond donors (Lipinski definition) is 3. The maximum atomic E-state index is 12.9. The van der Waals surface area contributed by atoms with E-state index >= 15 is 0 Å². The van der Waals surface area contributed by atoms with Crippen molar-refractivity contribution in [3.63, 3.8) is 0 Å². The van der Waals surface area contributed by atoms with Crippen LogP contribution in [0.4, 0.5) is 26.3 Å². The van der Waals surface area contributed by atoms with Crippen LogP contribution in [0.5, 0.6) is 0 Å². The second-order valence-electron chi connectivity index (χ2n) is 5.46. The smallest absolute Gasteiger partial charge is 0.400 e. The minimum absolute atomic E-state index is 0.0864. The molecule has 0 radical (unpaired) electrons. The third kappa shape index (κ3) is 6.53. The summed E-state index contributed by atoms with van der Waals surface area (Å²) in [5.74, 6) is 0. The van der Waals surface area contributed by atoms with Crippen LogP contribution < -0.4 is 16.8 Å². The molecule has 0 amide bonds. The summed E-state index contributed by atoms with van der Waals surface area (Å²) in [6, 6.07) is -0.899. The van der Waals surface area contributed by atoms with Gasteiger partial charge in [-0.05, 0) is 38.2 Å². The predicted molar refractivity (Wildman–Crippen MR) is 96.2 cm³/mol. The predicted octanol–water partition coefficient (Wildman–Crippen LogP) is 4.82. The molecule has 0 bridgehead atoms. The average molecular weight is 458 g/mol. The minimum atomic E-state index is -4.59. The van der Waals surface area contributed by atoms with Crippen molar-refractivity contribution < 1.29 is 26.3 Å². The van der Waals surface area contributed by atoms with Crippen molar-refractivity contribution in [2.45, 2.75) is 32.2 Å². The Labute approximate surface area is 161 Å². The van der Waals surface area contributed by atoms with Gasteiger partial charge in [-0.3, -0.25) is 0 Å². The lowest BCUT2D eigenvalue weighted by atomic mass is 10.0. The lowest BCUT2D eigenvalue weighted by Crippen LogP contribution is -2.36.